The second-order valence-corrected chi connectivity index (χ2v) is 3.54. The van der Waals surface area contributed by atoms with Gasteiger partial charge in [0.2, 0.25) is 0 Å². The highest BCUT2D eigenvalue weighted by Crippen LogP contribution is 2.12. The zero-order valence-electron chi connectivity index (χ0n) is 9.57. The molecule has 0 aliphatic rings. The topological polar surface area (TPSA) is 84.2 Å². The van der Waals surface area contributed by atoms with E-state index in [1.165, 1.54) is 0 Å². The van der Waals surface area contributed by atoms with E-state index < -0.39 is 0 Å². The summed E-state index contributed by atoms with van der Waals surface area (Å²) in [6.07, 6.45) is 1.63. The van der Waals surface area contributed by atoms with Gasteiger partial charge in [-0.3, -0.25) is 20.8 Å². The lowest BCUT2D eigenvalue weighted by molar-refractivity contribution is 0.881. The van der Waals surface area contributed by atoms with Gasteiger partial charge in [0, 0.05) is 26.0 Å². The number of hydrogen-bond donors (Lipinski definition) is 1. The summed E-state index contributed by atoms with van der Waals surface area (Å²) in [7, 11) is 3.99. The number of nitrogens with zero attached hydrogens (tertiary/aromatic N) is 6. The first-order valence-electron chi connectivity index (χ1n) is 5.00. The summed E-state index contributed by atoms with van der Waals surface area (Å²) in [5, 5.41) is 16.8. The van der Waals surface area contributed by atoms with Gasteiger partial charge in [0.25, 0.3) is 0 Å². The van der Waals surface area contributed by atoms with E-state index in [9.17, 15) is 0 Å². The van der Waals surface area contributed by atoms with Crippen LogP contribution in [-0.2, 0) is 0 Å². The maximum Gasteiger partial charge on any atom is 0.0830 e. The number of benzene rings is 1. The third-order valence-corrected chi connectivity index (χ3v) is 2.10. The third kappa shape index (κ3) is 3.00. The molecule has 0 aliphatic carbocycles. The van der Waals surface area contributed by atoms with E-state index in [-0.39, 0.29) is 5.95 Å². The van der Waals surface area contributed by atoms with E-state index in [0.717, 1.165) is 11.3 Å². The van der Waals surface area contributed by atoms with E-state index in [2.05, 4.69) is 31.2 Å². The van der Waals surface area contributed by atoms with Crippen LogP contribution >= 0.6 is 0 Å². The molecule has 0 saturated heterocycles. The SMILES string of the molecule is CN(C)c1ccc(/C=N\[N-]c2nn[nH]n2)cc1. The molecule has 0 radical (unpaired) electrons. The van der Waals surface area contributed by atoms with E-state index >= 15 is 0 Å². The summed E-state index contributed by atoms with van der Waals surface area (Å²) in [4.78, 5) is 2.03. The quantitative estimate of drug-likeness (QED) is 0.633. The molecule has 7 heteroatoms. The van der Waals surface area contributed by atoms with Crippen LogP contribution < -0.4 is 4.90 Å². The smallest absolute Gasteiger partial charge is 0.0830 e. The van der Waals surface area contributed by atoms with Crippen molar-refractivity contribution in [2.75, 3.05) is 19.0 Å². The summed E-state index contributed by atoms with van der Waals surface area (Å²) in [5.41, 5.74) is 5.86. The highest BCUT2D eigenvalue weighted by atomic mass is 15.5. The average molecular weight is 230 g/mol. The highest BCUT2D eigenvalue weighted by molar-refractivity contribution is 5.81. The predicted octanol–water partition coefficient (Wildman–Crippen LogP) is 1.30. The molecule has 0 atom stereocenters. The zero-order chi connectivity index (χ0) is 12.1. The second kappa shape index (κ2) is 5.06. The molecule has 1 aromatic carbocycles. The van der Waals surface area contributed by atoms with Crippen LogP contribution in [0.2, 0.25) is 0 Å². The molecule has 17 heavy (non-hydrogen) atoms. The summed E-state index contributed by atoms with van der Waals surface area (Å²) < 4.78 is 0. The molecule has 7 nitrogen and oxygen atoms in total. The minimum Gasteiger partial charge on any atom is -0.378 e. The van der Waals surface area contributed by atoms with Gasteiger partial charge in [-0.15, -0.1) is 5.21 Å². The fourth-order valence-electron chi connectivity index (χ4n) is 1.20. The Kier molecular flexibility index (Phi) is 3.29. The van der Waals surface area contributed by atoms with Gasteiger partial charge in [0.15, 0.2) is 0 Å². The Morgan fingerprint density at radius 1 is 1.29 bits per heavy atom. The average Bonchev–Trinajstić information content (AvgIpc) is 2.83. The van der Waals surface area contributed by atoms with Crippen LogP contribution in [0.15, 0.2) is 29.4 Å². The molecule has 1 heterocycles. The van der Waals surface area contributed by atoms with E-state index in [4.69, 9.17) is 0 Å². The Hall–Kier alpha value is -2.44. The Morgan fingerprint density at radius 3 is 2.65 bits per heavy atom. The number of rotatable bonds is 4. The summed E-state index contributed by atoms with van der Waals surface area (Å²) in [6.45, 7) is 0. The van der Waals surface area contributed by atoms with Crippen LogP contribution in [0.25, 0.3) is 5.43 Å². The number of hydrogen-bond acceptors (Lipinski definition) is 5. The van der Waals surface area contributed by atoms with Crippen molar-refractivity contribution in [2.24, 2.45) is 5.10 Å². The van der Waals surface area contributed by atoms with Crippen molar-refractivity contribution in [3.63, 3.8) is 0 Å². The van der Waals surface area contributed by atoms with Gasteiger partial charge in [0.05, 0.1) is 5.95 Å². The number of aromatic nitrogens is 4. The normalized spacial score (nSPS) is 10.7. The highest BCUT2D eigenvalue weighted by Gasteiger charge is 1.93. The first kappa shape index (κ1) is 11.1. The number of nitrogens with one attached hydrogen (secondary N) is 1. The Morgan fingerprint density at radius 2 is 2.06 bits per heavy atom. The molecule has 88 valence electrons. The van der Waals surface area contributed by atoms with Crippen molar-refractivity contribution >= 4 is 17.9 Å². The first-order chi connectivity index (χ1) is 8.25. The van der Waals surface area contributed by atoms with Gasteiger partial charge in [-0.1, -0.05) is 12.1 Å². The van der Waals surface area contributed by atoms with Crippen molar-refractivity contribution in [2.45, 2.75) is 0 Å². The fourth-order valence-corrected chi connectivity index (χ4v) is 1.20. The fraction of sp³-hybridized carbons (Fsp3) is 0.200. The zero-order valence-corrected chi connectivity index (χ0v) is 9.57. The molecule has 0 aliphatic heterocycles. The largest absolute Gasteiger partial charge is 0.378 e. The van der Waals surface area contributed by atoms with E-state index in [1.807, 2.05) is 43.3 Å². The van der Waals surface area contributed by atoms with Crippen molar-refractivity contribution in [3.8, 4) is 0 Å². The van der Waals surface area contributed by atoms with Crippen LogP contribution in [0, 0.1) is 0 Å². The second-order valence-electron chi connectivity index (χ2n) is 3.54. The summed E-state index contributed by atoms with van der Waals surface area (Å²) >= 11 is 0. The van der Waals surface area contributed by atoms with Crippen molar-refractivity contribution in [1.29, 1.82) is 0 Å². The number of H-pyrrole nitrogens is 1. The van der Waals surface area contributed by atoms with E-state index in [0.29, 0.717) is 0 Å². The van der Waals surface area contributed by atoms with Gasteiger partial charge in [0.1, 0.15) is 0 Å². The molecular formula is C10H12N7-. The maximum atomic E-state index is 3.86. The van der Waals surface area contributed by atoms with Crippen molar-refractivity contribution < 1.29 is 0 Å². The number of aromatic amines is 1. The molecule has 0 bridgehead atoms. The van der Waals surface area contributed by atoms with Gasteiger partial charge in [-0.05, 0) is 17.7 Å². The molecule has 0 amide bonds. The molecule has 1 aromatic heterocycles. The molecule has 2 rings (SSSR count). The minimum atomic E-state index is 0.214. The van der Waals surface area contributed by atoms with E-state index in [1.54, 1.807) is 6.21 Å². The lowest BCUT2D eigenvalue weighted by atomic mass is 10.2. The molecule has 2 aromatic rings. The maximum absolute atomic E-state index is 3.86. The minimum absolute atomic E-state index is 0.214. The van der Waals surface area contributed by atoms with Gasteiger partial charge >= 0.3 is 0 Å². The molecule has 0 fully saturated rings. The molecule has 0 unspecified atom stereocenters. The third-order valence-electron chi connectivity index (χ3n) is 2.10. The summed E-state index contributed by atoms with van der Waals surface area (Å²) in [5.74, 6) is 0.214. The van der Waals surface area contributed by atoms with Crippen LogP contribution in [-0.4, -0.2) is 40.9 Å². The molecule has 1 N–H and O–H groups in total. The van der Waals surface area contributed by atoms with Crippen LogP contribution in [0.3, 0.4) is 0 Å². The Balaban J connectivity index is 1.96. The lowest BCUT2D eigenvalue weighted by Crippen LogP contribution is -2.08. The van der Waals surface area contributed by atoms with Gasteiger partial charge in [-0.25, -0.2) is 5.10 Å². The van der Waals surface area contributed by atoms with Crippen LogP contribution in [0.4, 0.5) is 11.6 Å². The van der Waals surface area contributed by atoms with Crippen LogP contribution in [0.5, 0.6) is 0 Å². The summed E-state index contributed by atoms with van der Waals surface area (Å²) in [6, 6.07) is 7.95. The Labute approximate surface area is 98.5 Å². The van der Waals surface area contributed by atoms with Gasteiger partial charge < -0.3 is 4.90 Å². The van der Waals surface area contributed by atoms with Gasteiger partial charge in [-0.2, -0.15) is 0 Å². The van der Waals surface area contributed by atoms with Crippen LogP contribution in [0.1, 0.15) is 5.56 Å². The lowest BCUT2D eigenvalue weighted by Gasteiger charge is -2.11. The monoisotopic (exact) mass is 230 g/mol. The predicted molar refractivity (Wildman–Crippen MR) is 65.6 cm³/mol. The van der Waals surface area contributed by atoms with Crippen molar-refractivity contribution in [1.82, 2.24) is 20.6 Å². The van der Waals surface area contributed by atoms with Crippen molar-refractivity contribution in [3.05, 3.63) is 35.3 Å². The first-order valence-corrected chi connectivity index (χ1v) is 5.00. The standard InChI is InChI=1S/C10H12N7/c1-17(2)9-5-3-8(4-6-9)7-11-12-10-13-15-16-14-10/h3-7H,1-2H3,(H-,12,13,14,15,16)/q-1/b11-7-. The number of anilines is 1. The molecule has 0 spiro atoms. The number of tetrazole rings is 1. The Bertz CT molecular complexity index is 472. The molecule has 0 saturated carbocycles. The molecular weight excluding hydrogens is 218 g/mol.